The van der Waals surface area contributed by atoms with E-state index in [1.165, 1.54) is 0 Å². The van der Waals surface area contributed by atoms with Crippen molar-refractivity contribution in [3.05, 3.63) is 59.3 Å². The third-order valence-corrected chi connectivity index (χ3v) is 8.83. The number of ether oxygens (including phenoxy) is 3. The third kappa shape index (κ3) is 5.62. The lowest BCUT2D eigenvalue weighted by Crippen LogP contribution is -2.43. The van der Waals surface area contributed by atoms with E-state index in [9.17, 15) is 9.59 Å². The highest BCUT2D eigenvalue weighted by molar-refractivity contribution is 8.00. The minimum Gasteiger partial charge on any atom is -0.497 e. The molecule has 3 aromatic rings. The number of hydrogen-bond acceptors (Lipinski definition) is 7. The minimum atomic E-state index is -0.352. The van der Waals surface area contributed by atoms with E-state index in [2.05, 4.69) is 20.8 Å². The summed E-state index contributed by atoms with van der Waals surface area (Å²) in [5, 5.41) is 4.93. The van der Waals surface area contributed by atoms with Gasteiger partial charge in [0.1, 0.15) is 18.1 Å². The SMILES string of the molecule is COc1ccc(-n2nc(C(C)(C)C)c3c2N(CC(=O)N2CCCC2)C(=O)CS[C@H]3c2ccc(OC)c(OC)c2)cc1. The number of benzene rings is 2. The fourth-order valence-corrected chi connectivity index (χ4v) is 6.65. The van der Waals surface area contributed by atoms with Crippen LogP contribution in [-0.4, -0.2) is 73.2 Å². The molecule has 41 heavy (non-hydrogen) atoms. The first kappa shape index (κ1) is 28.9. The van der Waals surface area contributed by atoms with Crippen LogP contribution in [0.4, 0.5) is 5.82 Å². The van der Waals surface area contributed by atoms with Gasteiger partial charge in [-0.3, -0.25) is 14.5 Å². The van der Waals surface area contributed by atoms with Crippen LogP contribution < -0.4 is 19.1 Å². The fraction of sp³-hybridized carbons (Fsp3) is 0.452. The van der Waals surface area contributed by atoms with Crippen molar-refractivity contribution in [1.82, 2.24) is 14.7 Å². The summed E-state index contributed by atoms with van der Waals surface area (Å²) in [6.45, 7) is 7.78. The van der Waals surface area contributed by atoms with Crippen LogP contribution in [0, 0.1) is 0 Å². The molecule has 0 aliphatic carbocycles. The van der Waals surface area contributed by atoms with Crippen LogP contribution in [0.3, 0.4) is 0 Å². The summed E-state index contributed by atoms with van der Waals surface area (Å²) in [5.74, 6) is 2.64. The predicted octanol–water partition coefficient (Wildman–Crippen LogP) is 4.99. The zero-order chi connectivity index (χ0) is 29.3. The Balaban J connectivity index is 1.74. The van der Waals surface area contributed by atoms with E-state index in [0.717, 1.165) is 54.2 Å². The molecule has 1 aromatic heterocycles. The van der Waals surface area contributed by atoms with Gasteiger partial charge in [0.25, 0.3) is 0 Å². The van der Waals surface area contributed by atoms with Crippen LogP contribution in [0.1, 0.15) is 55.7 Å². The van der Waals surface area contributed by atoms with Crippen LogP contribution in [0.15, 0.2) is 42.5 Å². The van der Waals surface area contributed by atoms with E-state index >= 15 is 0 Å². The van der Waals surface area contributed by atoms with Crippen molar-refractivity contribution in [3.8, 4) is 22.9 Å². The monoisotopic (exact) mass is 578 g/mol. The van der Waals surface area contributed by atoms with Crippen molar-refractivity contribution in [3.63, 3.8) is 0 Å². The Kier molecular flexibility index (Phi) is 8.22. The molecule has 0 saturated carbocycles. The number of carbonyl (C=O) groups is 2. The molecule has 9 nitrogen and oxygen atoms in total. The summed E-state index contributed by atoms with van der Waals surface area (Å²) < 4.78 is 18.3. The first-order valence-electron chi connectivity index (χ1n) is 13.9. The first-order chi connectivity index (χ1) is 19.7. The molecule has 1 atom stereocenters. The average molecular weight is 579 g/mol. The number of carbonyl (C=O) groups excluding carboxylic acids is 2. The maximum atomic E-state index is 13.9. The molecule has 0 unspecified atom stereocenters. The Labute approximate surface area is 245 Å². The van der Waals surface area contributed by atoms with Crippen molar-refractivity contribution in [2.75, 3.05) is 51.6 Å². The summed E-state index contributed by atoms with van der Waals surface area (Å²) in [6.07, 6.45) is 1.97. The van der Waals surface area contributed by atoms with Gasteiger partial charge in [0.2, 0.25) is 11.8 Å². The van der Waals surface area contributed by atoms with Gasteiger partial charge in [0.15, 0.2) is 11.5 Å². The zero-order valence-corrected chi connectivity index (χ0v) is 25.4. The molecule has 3 heterocycles. The number of rotatable bonds is 7. The lowest BCUT2D eigenvalue weighted by molar-refractivity contribution is -0.130. The van der Waals surface area contributed by atoms with E-state index in [1.54, 1.807) is 38.0 Å². The van der Waals surface area contributed by atoms with Gasteiger partial charge in [-0.2, -0.15) is 5.10 Å². The van der Waals surface area contributed by atoms with Crippen LogP contribution in [-0.2, 0) is 15.0 Å². The summed E-state index contributed by atoms with van der Waals surface area (Å²) in [4.78, 5) is 30.9. The molecule has 2 aliphatic rings. The number of nitrogens with zero attached hydrogens (tertiary/aromatic N) is 4. The van der Waals surface area contributed by atoms with E-state index in [0.29, 0.717) is 17.3 Å². The highest BCUT2D eigenvalue weighted by atomic mass is 32.2. The second-order valence-corrected chi connectivity index (χ2v) is 12.4. The highest BCUT2D eigenvalue weighted by Gasteiger charge is 2.40. The van der Waals surface area contributed by atoms with Crippen molar-refractivity contribution in [1.29, 1.82) is 0 Å². The first-order valence-corrected chi connectivity index (χ1v) is 14.9. The van der Waals surface area contributed by atoms with E-state index in [1.807, 2.05) is 52.0 Å². The molecule has 0 bridgehead atoms. The Morgan fingerprint density at radius 1 is 0.976 bits per heavy atom. The van der Waals surface area contributed by atoms with Gasteiger partial charge in [0.05, 0.1) is 43.7 Å². The second kappa shape index (κ2) is 11.7. The Morgan fingerprint density at radius 3 is 2.27 bits per heavy atom. The van der Waals surface area contributed by atoms with Crippen molar-refractivity contribution < 1.29 is 23.8 Å². The maximum absolute atomic E-state index is 13.9. The molecule has 0 N–H and O–H groups in total. The number of methoxy groups -OCH3 is 3. The number of fused-ring (bicyclic) bond motifs is 1. The third-order valence-electron chi connectivity index (χ3n) is 7.58. The quantitative estimate of drug-likeness (QED) is 0.391. The van der Waals surface area contributed by atoms with Gasteiger partial charge in [-0.1, -0.05) is 26.8 Å². The Morgan fingerprint density at radius 2 is 1.66 bits per heavy atom. The van der Waals surface area contributed by atoms with Crippen LogP contribution in [0.5, 0.6) is 17.2 Å². The maximum Gasteiger partial charge on any atom is 0.242 e. The molecule has 218 valence electrons. The van der Waals surface area contributed by atoms with Gasteiger partial charge in [-0.05, 0) is 54.8 Å². The molecule has 10 heteroatoms. The molecule has 2 aliphatic heterocycles. The molecule has 0 radical (unpaired) electrons. The van der Waals surface area contributed by atoms with E-state index in [4.69, 9.17) is 19.3 Å². The number of amides is 2. The number of aromatic nitrogens is 2. The van der Waals surface area contributed by atoms with Crippen molar-refractivity contribution in [2.45, 2.75) is 44.3 Å². The molecular formula is C31H38N4O5S. The lowest BCUT2D eigenvalue weighted by atomic mass is 9.87. The normalized spacial score (nSPS) is 17.3. The smallest absolute Gasteiger partial charge is 0.242 e. The molecule has 2 amide bonds. The van der Waals surface area contributed by atoms with Gasteiger partial charge in [-0.25, -0.2) is 4.68 Å². The van der Waals surface area contributed by atoms with E-state index in [-0.39, 0.29) is 34.8 Å². The zero-order valence-electron chi connectivity index (χ0n) is 24.6. The molecule has 1 saturated heterocycles. The average Bonchev–Trinajstić information content (AvgIpc) is 3.62. The number of thioether (sulfide) groups is 1. The second-order valence-electron chi connectivity index (χ2n) is 11.3. The Bertz CT molecular complexity index is 1420. The predicted molar refractivity (Wildman–Crippen MR) is 161 cm³/mol. The largest absolute Gasteiger partial charge is 0.497 e. The van der Waals surface area contributed by atoms with Gasteiger partial charge in [0, 0.05) is 24.1 Å². The van der Waals surface area contributed by atoms with Gasteiger partial charge in [-0.15, -0.1) is 11.8 Å². The topological polar surface area (TPSA) is 86.1 Å². The molecule has 1 fully saturated rings. The molecule has 5 rings (SSSR count). The number of hydrogen-bond donors (Lipinski definition) is 0. The number of likely N-dealkylation sites (tertiary alicyclic amines) is 1. The Hall–Kier alpha value is -3.66. The molecular weight excluding hydrogens is 540 g/mol. The van der Waals surface area contributed by atoms with Crippen molar-refractivity contribution >= 4 is 29.4 Å². The number of anilines is 1. The van der Waals surface area contributed by atoms with Crippen LogP contribution in [0.25, 0.3) is 5.69 Å². The standard InChI is InChI=1S/C31H38N4O5S/c1-31(2,3)29-27-28(20-9-14-23(39-5)24(17-20)40-6)41-19-26(37)34(18-25(36)33-15-7-8-16-33)30(27)35(32-29)21-10-12-22(38-4)13-11-21/h9-14,17,28H,7-8,15-16,18-19H2,1-6H3/t28-/m0/s1. The fourth-order valence-electron chi connectivity index (χ4n) is 5.46. The van der Waals surface area contributed by atoms with Crippen molar-refractivity contribution in [2.24, 2.45) is 0 Å². The highest BCUT2D eigenvalue weighted by Crippen LogP contribution is 2.49. The summed E-state index contributed by atoms with van der Waals surface area (Å²) >= 11 is 1.54. The van der Waals surface area contributed by atoms with E-state index < -0.39 is 0 Å². The summed E-state index contributed by atoms with van der Waals surface area (Å²) in [6, 6.07) is 13.5. The molecule has 2 aromatic carbocycles. The summed E-state index contributed by atoms with van der Waals surface area (Å²) in [7, 11) is 4.85. The minimum absolute atomic E-state index is 0.0313. The summed E-state index contributed by atoms with van der Waals surface area (Å²) in [5.41, 5.74) is 3.18. The van der Waals surface area contributed by atoms with Crippen LogP contribution >= 0.6 is 11.8 Å². The van der Waals surface area contributed by atoms with Crippen LogP contribution in [0.2, 0.25) is 0 Å². The van der Waals surface area contributed by atoms with Gasteiger partial charge < -0.3 is 19.1 Å². The van der Waals surface area contributed by atoms with Gasteiger partial charge >= 0.3 is 0 Å². The lowest BCUT2D eigenvalue weighted by Gasteiger charge is -2.26. The molecule has 0 spiro atoms.